The van der Waals surface area contributed by atoms with E-state index in [0.29, 0.717) is 5.82 Å². The Morgan fingerprint density at radius 1 is 1.20 bits per heavy atom. The van der Waals surface area contributed by atoms with Crippen molar-refractivity contribution in [2.24, 2.45) is 0 Å². The van der Waals surface area contributed by atoms with Gasteiger partial charge in [-0.1, -0.05) is 18.2 Å². The molecule has 1 N–H and O–H groups in total. The van der Waals surface area contributed by atoms with E-state index in [9.17, 15) is 0 Å². The molecule has 0 atom stereocenters. The van der Waals surface area contributed by atoms with E-state index in [2.05, 4.69) is 21.4 Å². The Kier molecular flexibility index (Phi) is 3.85. The number of anilines is 3. The van der Waals surface area contributed by atoms with Crippen molar-refractivity contribution in [2.75, 3.05) is 17.3 Å². The molecule has 1 aromatic carbocycles. The standard InChI is InChI=1S/C15H17N5/c1-15(2,10-16)19-13-9-14(18-11-17-13)20(3)12-7-5-4-6-8-12/h4-9,11H,1-3H3,(H,17,18,19). The lowest BCUT2D eigenvalue weighted by Crippen LogP contribution is -2.29. The van der Waals surface area contributed by atoms with Crippen molar-refractivity contribution in [1.82, 2.24) is 9.97 Å². The van der Waals surface area contributed by atoms with Crippen molar-refractivity contribution < 1.29 is 0 Å². The maximum Gasteiger partial charge on any atom is 0.138 e. The van der Waals surface area contributed by atoms with Crippen LogP contribution in [0, 0.1) is 11.3 Å². The van der Waals surface area contributed by atoms with E-state index < -0.39 is 5.54 Å². The normalized spacial score (nSPS) is 10.7. The van der Waals surface area contributed by atoms with Crippen LogP contribution in [0.25, 0.3) is 0 Å². The Bertz CT molecular complexity index is 616. The molecule has 1 heterocycles. The summed E-state index contributed by atoms with van der Waals surface area (Å²) in [6, 6.07) is 14.0. The second-order valence-corrected chi connectivity index (χ2v) is 5.02. The molecule has 0 aliphatic rings. The van der Waals surface area contributed by atoms with Crippen molar-refractivity contribution in [2.45, 2.75) is 19.4 Å². The first-order valence-corrected chi connectivity index (χ1v) is 6.32. The summed E-state index contributed by atoms with van der Waals surface area (Å²) < 4.78 is 0. The van der Waals surface area contributed by atoms with E-state index in [-0.39, 0.29) is 0 Å². The van der Waals surface area contributed by atoms with Crippen LogP contribution in [0.2, 0.25) is 0 Å². The Morgan fingerprint density at radius 2 is 1.90 bits per heavy atom. The summed E-state index contributed by atoms with van der Waals surface area (Å²) in [6.07, 6.45) is 1.49. The zero-order valence-corrected chi connectivity index (χ0v) is 11.8. The largest absolute Gasteiger partial charge is 0.352 e. The number of para-hydroxylation sites is 1. The van der Waals surface area contributed by atoms with Gasteiger partial charge in [0.05, 0.1) is 6.07 Å². The molecule has 102 valence electrons. The minimum Gasteiger partial charge on any atom is -0.352 e. The summed E-state index contributed by atoms with van der Waals surface area (Å²) in [7, 11) is 1.94. The average molecular weight is 267 g/mol. The summed E-state index contributed by atoms with van der Waals surface area (Å²) in [6.45, 7) is 3.60. The van der Waals surface area contributed by atoms with Crippen molar-refractivity contribution >= 4 is 17.3 Å². The third-order valence-electron chi connectivity index (χ3n) is 2.86. The second kappa shape index (κ2) is 5.57. The van der Waals surface area contributed by atoms with Gasteiger partial charge in [0, 0.05) is 18.8 Å². The molecule has 0 amide bonds. The van der Waals surface area contributed by atoms with E-state index >= 15 is 0 Å². The molecule has 20 heavy (non-hydrogen) atoms. The van der Waals surface area contributed by atoms with E-state index in [1.165, 1.54) is 6.33 Å². The second-order valence-electron chi connectivity index (χ2n) is 5.02. The molecule has 0 bridgehead atoms. The maximum atomic E-state index is 9.05. The highest BCUT2D eigenvalue weighted by atomic mass is 15.2. The Morgan fingerprint density at radius 3 is 2.55 bits per heavy atom. The summed E-state index contributed by atoms with van der Waals surface area (Å²) in [5.74, 6) is 1.40. The van der Waals surface area contributed by atoms with Crippen LogP contribution in [0.1, 0.15) is 13.8 Å². The van der Waals surface area contributed by atoms with Gasteiger partial charge in [-0.2, -0.15) is 5.26 Å². The van der Waals surface area contributed by atoms with E-state index in [0.717, 1.165) is 11.5 Å². The number of rotatable bonds is 4. The van der Waals surface area contributed by atoms with Crippen LogP contribution < -0.4 is 10.2 Å². The van der Waals surface area contributed by atoms with Crippen molar-refractivity contribution in [3.05, 3.63) is 42.7 Å². The molecular weight excluding hydrogens is 250 g/mol. The Labute approximate surface area is 118 Å². The third kappa shape index (κ3) is 3.23. The number of nitrogens with zero attached hydrogens (tertiary/aromatic N) is 4. The predicted octanol–water partition coefficient (Wildman–Crippen LogP) is 2.96. The van der Waals surface area contributed by atoms with Crippen molar-refractivity contribution in [1.29, 1.82) is 5.26 Å². The van der Waals surface area contributed by atoms with E-state index in [4.69, 9.17) is 5.26 Å². The lowest BCUT2D eigenvalue weighted by molar-refractivity contribution is 0.722. The molecule has 0 radical (unpaired) electrons. The van der Waals surface area contributed by atoms with E-state index in [1.54, 1.807) is 13.8 Å². The molecule has 0 aliphatic carbocycles. The van der Waals surface area contributed by atoms with Crippen molar-refractivity contribution in [3.8, 4) is 6.07 Å². The van der Waals surface area contributed by atoms with Crippen LogP contribution in [-0.2, 0) is 0 Å². The molecule has 0 aliphatic heterocycles. The van der Waals surface area contributed by atoms with Gasteiger partial charge in [0.1, 0.15) is 23.5 Å². The molecule has 5 heteroatoms. The summed E-state index contributed by atoms with van der Waals surface area (Å²) in [5, 5.41) is 12.1. The van der Waals surface area contributed by atoms with Crippen LogP contribution in [0.15, 0.2) is 42.7 Å². The number of aromatic nitrogens is 2. The van der Waals surface area contributed by atoms with Gasteiger partial charge in [0.15, 0.2) is 0 Å². The quantitative estimate of drug-likeness (QED) is 0.922. The minimum absolute atomic E-state index is 0.629. The molecule has 1 aromatic heterocycles. The lowest BCUT2D eigenvalue weighted by Gasteiger charge is -2.21. The minimum atomic E-state index is -0.670. The van der Waals surface area contributed by atoms with E-state index in [1.807, 2.05) is 48.3 Å². The molecule has 0 fully saturated rings. The summed E-state index contributed by atoms with van der Waals surface area (Å²) in [4.78, 5) is 10.4. The first kappa shape index (κ1) is 13.8. The molecule has 2 rings (SSSR count). The average Bonchev–Trinajstić information content (AvgIpc) is 2.47. The molecule has 0 spiro atoms. The molecule has 0 saturated carbocycles. The number of hydrogen-bond donors (Lipinski definition) is 1. The fourth-order valence-corrected chi connectivity index (χ4v) is 1.73. The first-order valence-electron chi connectivity index (χ1n) is 6.32. The smallest absolute Gasteiger partial charge is 0.138 e. The van der Waals surface area contributed by atoms with Crippen LogP contribution in [0.3, 0.4) is 0 Å². The number of benzene rings is 1. The number of nitrogens with one attached hydrogen (secondary N) is 1. The maximum absolute atomic E-state index is 9.05. The van der Waals surface area contributed by atoms with Gasteiger partial charge in [-0.15, -0.1) is 0 Å². The fourth-order valence-electron chi connectivity index (χ4n) is 1.73. The highest BCUT2D eigenvalue weighted by molar-refractivity contribution is 5.61. The Balaban J connectivity index is 2.25. The van der Waals surface area contributed by atoms with Gasteiger partial charge in [0.2, 0.25) is 0 Å². The van der Waals surface area contributed by atoms with Crippen molar-refractivity contribution in [3.63, 3.8) is 0 Å². The summed E-state index contributed by atoms with van der Waals surface area (Å²) in [5.41, 5.74) is 0.369. The van der Waals surface area contributed by atoms with Gasteiger partial charge in [0.25, 0.3) is 0 Å². The van der Waals surface area contributed by atoms with Gasteiger partial charge in [-0.05, 0) is 26.0 Å². The molecule has 0 unspecified atom stereocenters. The Hall–Kier alpha value is -2.61. The zero-order chi connectivity index (χ0) is 14.6. The lowest BCUT2D eigenvalue weighted by atomic mass is 10.1. The molecule has 2 aromatic rings. The highest BCUT2D eigenvalue weighted by Crippen LogP contribution is 2.23. The first-order chi connectivity index (χ1) is 9.52. The van der Waals surface area contributed by atoms with Gasteiger partial charge in [-0.3, -0.25) is 0 Å². The topological polar surface area (TPSA) is 64.8 Å². The number of hydrogen-bond acceptors (Lipinski definition) is 5. The molecule has 0 saturated heterocycles. The fraction of sp³-hybridized carbons (Fsp3) is 0.267. The van der Waals surface area contributed by atoms with Gasteiger partial charge >= 0.3 is 0 Å². The molecule has 5 nitrogen and oxygen atoms in total. The highest BCUT2D eigenvalue weighted by Gasteiger charge is 2.17. The third-order valence-corrected chi connectivity index (χ3v) is 2.86. The predicted molar refractivity (Wildman–Crippen MR) is 79.9 cm³/mol. The monoisotopic (exact) mass is 267 g/mol. The number of nitriles is 1. The summed E-state index contributed by atoms with van der Waals surface area (Å²) >= 11 is 0. The molecular formula is C15H17N5. The van der Waals surface area contributed by atoms with Crippen LogP contribution >= 0.6 is 0 Å². The van der Waals surface area contributed by atoms with Gasteiger partial charge < -0.3 is 10.2 Å². The van der Waals surface area contributed by atoms with Gasteiger partial charge in [-0.25, -0.2) is 9.97 Å². The van der Waals surface area contributed by atoms with Crippen LogP contribution in [0.4, 0.5) is 17.3 Å². The zero-order valence-electron chi connectivity index (χ0n) is 11.8. The van der Waals surface area contributed by atoms with Crippen LogP contribution in [0.5, 0.6) is 0 Å². The SMILES string of the molecule is CN(c1ccccc1)c1cc(NC(C)(C)C#N)ncn1. The van der Waals surface area contributed by atoms with Crippen LogP contribution in [-0.4, -0.2) is 22.6 Å².